The minimum absolute atomic E-state index is 0.0340. The van der Waals surface area contributed by atoms with Crippen molar-refractivity contribution in [2.75, 3.05) is 46.6 Å². The van der Waals surface area contributed by atoms with Gasteiger partial charge in [0.15, 0.2) is 5.84 Å². The highest BCUT2D eigenvalue weighted by Gasteiger charge is 2.33. The summed E-state index contributed by atoms with van der Waals surface area (Å²) < 4.78 is 20.4. The zero-order chi connectivity index (χ0) is 35.7. The van der Waals surface area contributed by atoms with Crippen molar-refractivity contribution >= 4 is 43.9 Å². The molecule has 0 saturated carbocycles. The van der Waals surface area contributed by atoms with E-state index in [4.69, 9.17) is 19.4 Å². The topological polar surface area (TPSA) is 154 Å². The van der Waals surface area contributed by atoms with Crippen molar-refractivity contribution in [1.29, 1.82) is 0 Å². The first-order chi connectivity index (χ1) is 23.9. The van der Waals surface area contributed by atoms with E-state index < -0.39 is 14.6 Å². The number of carbonyl (C=O) groups is 3. The number of oxime groups is 1. The fourth-order valence-electron chi connectivity index (χ4n) is 4.42. The molecule has 0 spiro atoms. The summed E-state index contributed by atoms with van der Waals surface area (Å²) in [7, 11) is 0.0941. The lowest BCUT2D eigenvalue weighted by molar-refractivity contribution is -0.137. The normalized spacial score (nSPS) is 13.9. The van der Waals surface area contributed by atoms with E-state index in [2.05, 4.69) is 81.2 Å². The van der Waals surface area contributed by atoms with Gasteiger partial charge in [-0.3, -0.25) is 9.59 Å². The summed E-state index contributed by atoms with van der Waals surface area (Å²) in [5.74, 6) is -0.203. The number of likely N-dealkylation sites (tertiary alicyclic amines) is 1. The summed E-state index contributed by atoms with van der Waals surface area (Å²) in [5.41, 5.74) is 8.72. The second-order valence-corrected chi connectivity index (χ2v) is 12.7. The van der Waals surface area contributed by atoms with Gasteiger partial charge in [0.25, 0.3) is 0 Å². The molecular formula is C35H50N5O7PS. The summed E-state index contributed by atoms with van der Waals surface area (Å²) in [6.45, 7) is 8.28. The average Bonchev–Trinajstić information content (AvgIpc) is 3.82. The molecule has 1 atom stereocenters. The Balaban J connectivity index is 0.000000399. The largest absolute Gasteiger partial charge is 0.419 e. The van der Waals surface area contributed by atoms with Gasteiger partial charge in [0.2, 0.25) is 11.8 Å². The highest BCUT2D eigenvalue weighted by atomic mass is 32.1. The van der Waals surface area contributed by atoms with Crippen LogP contribution in [-0.4, -0.2) is 81.4 Å². The quantitative estimate of drug-likeness (QED) is 0.0437. The number of benzene rings is 2. The maximum Gasteiger partial charge on any atom is 0.419 e. The van der Waals surface area contributed by atoms with Gasteiger partial charge in [-0.25, -0.2) is 0 Å². The molecule has 1 unspecified atom stereocenters. The van der Waals surface area contributed by atoms with Gasteiger partial charge in [0, 0.05) is 25.1 Å². The van der Waals surface area contributed by atoms with Gasteiger partial charge < -0.3 is 44.5 Å². The molecule has 1 fully saturated rings. The second-order valence-electron chi connectivity index (χ2n) is 10.4. The van der Waals surface area contributed by atoms with Crippen LogP contribution in [-0.2, 0) is 45.8 Å². The first-order valence-electron chi connectivity index (χ1n) is 16.3. The molecule has 1 aliphatic heterocycles. The van der Waals surface area contributed by atoms with Gasteiger partial charge in [-0.2, -0.15) is 0 Å². The van der Waals surface area contributed by atoms with Crippen LogP contribution in [0.2, 0.25) is 0 Å². The van der Waals surface area contributed by atoms with Gasteiger partial charge in [-0.1, -0.05) is 65.8 Å². The number of hydrogen-bond donors (Lipinski definition) is 3. The third kappa shape index (κ3) is 16.5. The molecule has 0 bridgehead atoms. The summed E-state index contributed by atoms with van der Waals surface area (Å²) in [5, 5.41) is 9.51. The van der Waals surface area contributed by atoms with Gasteiger partial charge in [-0.15, -0.1) is 11.3 Å². The summed E-state index contributed by atoms with van der Waals surface area (Å²) >= 11 is 1.38. The van der Waals surface area contributed by atoms with Crippen LogP contribution in [0, 0.1) is 0 Å². The number of hydrogen-bond acceptors (Lipinski definition) is 10. The molecule has 268 valence electrons. The standard InChI is InChI=1S/C19H30N5O6PS.C13H12.C3H8O/c1-3-28-31(29-4-2)30-23-18(20)16-8-7-14(32-16)12-22-19(27)15-6-5-10-24(15)17(26)13-21-9-11-25;1-3-7-12(8-4-1)11-13-9-5-2-6-10-13;1-3-4-2/h7-8,11,15,21H,3-6,9-10,12-13H2,1-2H3,(H2,20,23)(H,22,27);1-10H,11H2;3H2,1-2H3. The molecule has 1 saturated heterocycles. The fourth-order valence-corrected chi connectivity index (χ4v) is 6.01. The number of nitrogens with two attached hydrogens (primary N) is 1. The van der Waals surface area contributed by atoms with Gasteiger partial charge in [0.05, 0.1) is 37.7 Å². The predicted octanol–water partition coefficient (Wildman–Crippen LogP) is 5.01. The Kier molecular flexibility index (Phi) is 21.4. The van der Waals surface area contributed by atoms with Crippen LogP contribution in [0.15, 0.2) is 78.0 Å². The van der Waals surface area contributed by atoms with Crippen LogP contribution in [0.3, 0.4) is 0 Å². The number of rotatable bonds is 17. The lowest BCUT2D eigenvalue weighted by Crippen LogP contribution is -2.48. The van der Waals surface area contributed by atoms with Crippen molar-refractivity contribution in [3.05, 3.63) is 93.7 Å². The first kappa shape index (κ1) is 41.5. The molecule has 1 aliphatic rings. The molecule has 3 aromatic rings. The smallest absolute Gasteiger partial charge is 0.385 e. The number of carbonyl (C=O) groups excluding carboxylic acids is 3. The number of nitrogens with zero attached hydrogens (tertiary/aromatic N) is 2. The van der Waals surface area contributed by atoms with Crippen LogP contribution < -0.4 is 16.4 Å². The zero-order valence-electron chi connectivity index (χ0n) is 28.8. The lowest BCUT2D eigenvalue weighted by Gasteiger charge is -2.24. The van der Waals surface area contributed by atoms with Crippen molar-refractivity contribution in [3.63, 3.8) is 0 Å². The van der Waals surface area contributed by atoms with E-state index in [0.29, 0.717) is 43.9 Å². The maximum absolute atomic E-state index is 12.6. The number of amides is 2. The second kappa shape index (κ2) is 25.3. The Morgan fingerprint density at radius 3 is 2.14 bits per heavy atom. The van der Waals surface area contributed by atoms with Crippen LogP contribution in [0.1, 0.15) is 54.5 Å². The van der Waals surface area contributed by atoms with Crippen LogP contribution in [0.5, 0.6) is 0 Å². The molecule has 0 radical (unpaired) electrons. The Morgan fingerprint density at radius 2 is 1.59 bits per heavy atom. The fraction of sp³-hybridized carbons (Fsp3) is 0.429. The Hall–Kier alpha value is -3.71. The third-order valence-corrected chi connectivity index (χ3v) is 9.05. The van der Waals surface area contributed by atoms with Crippen LogP contribution >= 0.6 is 19.9 Å². The van der Waals surface area contributed by atoms with Crippen molar-refractivity contribution in [3.8, 4) is 0 Å². The highest BCUT2D eigenvalue weighted by Crippen LogP contribution is 2.39. The first-order valence-corrected chi connectivity index (χ1v) is 18.2. The molecule has 4 rings (SSSR count). The molecule has 2 heterocycles. The number of thiophene rings is 1. The minimum atomic E-state index is -1.59. The van der Waals surface area contributed by atoms with E-state index in [1.54, 1.807) is 18.1 Å². The predicted molar refractivity (Wildman–Crippen MR) is 195 cm³/mol. The highest BCUT2D eigenvalue weighted by molar-refractivity contribution is 7.41. The van der Waals surface area contributed by atoms with E-state index in [1.807, 2.05) is 26.8 Å². The molecule has 0 aliphatic carbocycles. The summed E-state index contributed by atoms with van der Waals surface area (Å²) in [4.78, 5) is 38.4. The Bertz CT molecular complexity index is 1340. The van der Waals surface area contributed by atoms with E-state index >= 15 is 0 Å². The van der Waals surface area contributed by atoms with Crippen molar-refractivity contribution in [2.45, 2.75) is 52.6 Å². The van der Waals surface area contributed by atoms with E-state index in [0.717, 1.165) is 24.3 Å². The molecule has 12 nitrogen and oxygen atoms in total. The van der Waals surface area contributed by atoms with Crippen LogP contribution in [0.4, 0.5) is 0 Å². The van der Waals surface area contributed by atoms with E-state index in [-0.39, 0.29) is 30.7 Å². The molecule has 4 N–H and O–H groups in total. The zero-order valence-corrected chi connectivity index (χ0v) is 30.5. The Morgan fingerprint density at radius 1 is 0.980 bits per heavy atom. The van der Waals surface area contributed by atoms with Crippen molar-refractivity contribution in [1.82, 2.24) is 15.5 Å². The van der Waals surface area contributed by atoms with Gasteiger partial charge in [-0.05, 0) is 63.3 Å². The Labute approximate surface area is 295 Å². The lowest BCUT2D eigenvalue weighted by atomic mass is 10.1. The third-order valence-electron chi connectivity index (χ3n) is 6.79. The van der Waals surface area contributed by atoms with E-state index in [1.165, 1.54) is 22.5 Å². The molecule has 49 heavy (non-hydrogen) atoms. The number of amidine groups is 1. The summed E-state index contributed by atoms with van der Waals surface area (Å²) in [6, 6.07) is 24.2. The molecule has 1 aromatic heterocycles. The molecule has 14 heteroatoms. The molecular weight excluding hydrogens is 665 g/mol. The molecule has 2 aromatic carbocycles. The van der Waals surface area contributed by atoms with Crippen molar-refractivity contribution in [2.24, 2.45) is 10.9 Å². The van der Waals surface area contributed by atoms with Crippen LogP contribution in [0.25, 0.3) is 0 Å². The number of ether oxygens (including phenoxy) is 1. The van der Waals surface area contributed by atoms with Crippen molar-refractivity contribution < 1.29 is 32.8 Å². The van der Waals surface area contributed by atoms with E-state index in [9.17, 15) is 14.4 Å². The number of nitrogens with one attached hydrogen (secondary N) is 2. The number of aldehydes is 1. The van der Waals surface area contributed by atoms with Gasteiger partial charge >= 0.3 is 8.60 Å². The monoisotopic (exact) mass is 715 g/mol. The maximum atomic E-state index is 12.6. The van der Waals surface area contributed by atoms with Gasteiger partial charge in [0.1, 0.15) is 12.3 Å². The summed E-state index contributed by atoms with van der Waals surface area (Å²) in [6.07, 6.45) is 3.10. The average molecular weight is 716 g/mol. The molecule has 2 amide bonds. The SMILES string of the molecule is CCOC.CCOP(OCC)O/N=C(\N)c1ccc(CNC(=O)C2CCCN2C(=O)CNCC=O)s1.c1ccc(Cc2ccccc2)cc1. The minimum Gasteiger partial charge on any atom is -0.385 e. The number of methoxy groups -OCH3 is 1.